The maximum atomic E-state index is 12.8. The van der Waals surface area contributed by atoms with Crippen LogP contribution in [0.3, 0.4) is 0 Å². The molecule has 0 aliphatic carbocycles. The van der Waals surface area contributed by atoms with E-state index in [1.807, 2.05) is 23.1 Å². The summed E-state index contributed by atoms with van der Waals surface area (Å²) >= 11 is 0. The van der Waals surface area contributed by atoms with E-state index >= 15 is 0 Å². The fourth-order valence-electron chi connectivity index (χ4n) is 3.90. The number of rotatable bonds is 7. The first-order valence-corrected chi connectivity index (χ1v) is 9.67. The number of piperidine rings is 2. The molecule has 25 heavy (non-hydrogen) atoms. The maximum Gasteiger partial charge on any atom is 0.255 e. The van der Waals surface area contributed by atoms with Gasteiger partial charge in [0, 0.05) is 25.7 Å². The number of hydrogen-bond donors (Lipinski definition) is 3. The van der Waals surface area contributed by atoms with E-state index < -0.39 is 5.60 Å². The van der Waals surface area contributed by atoms with E-state index in [1.165, 1.54) is 5.56 Å². The van der Waals surface area contributed by atoms with Crippen molar-refractivity contribution in [2.24, 2.45) is 0 Å². The third-order valence-electron chi connectivity index (χ3n) is 5.46. The minimum atomic E-state index is -1.23. The molecular weight excluding hydrogens is 314 g/mol. The topological polar surface area (TPSA) is 64.6 Å². The van der Waals surface area contributed by atoms with Gasteiger partial charge in [-0.25, -0.2) is 0 Å². The van der Waals surface area contributed by atoms with Gasteiger partial charge in [0.2, 0.25) is 0 Å². The van der Waals surface area contributed by atoms with Crippen LogP contribution in [0.1, 0.15) is 37.7 Å². The highest BCUT2D eigenvalue weighted by Gasteiger charge is 2.42. The van der Waals surface area contributed by atoms with Crippen molar-refractivity contribution in [3.63, 3.8) is 0 Å². The molecule has 1 atom stereocenters. The largest absolute Gasteiger partial charge is 0.379 e. The summed E-state index contributed by atoms with van der Waals surface area (Å²) < 4.78 is 0. The van der Waals surface area contributed by atoms with E-state index in [9.17, 15) is 9.90 Å². The Labute approximate surface area is 150 Å². The Kier molecular flexibility index (Phi) is 6.45. The lowest BCUT2D eigenvalue weighted by Crippen LogP contribution is -2.59. The van der Waals surface area contributed by atoms with E-state index in [4.69, 9.17) is 0 Å². The Bertz CT molecular complexity index is 545. The van der Waals surface area contributed by atoms with E-state index in [-0.39, 0.29) is 5.91 Å². The molecule has 2 saturated heterocycles. The van der Waals surface area contributed by atoms with Gasteiger partial charge in [-0.2, -0.15) is 0 Å². The zero-order valence-electron chi connectivity index (χ0n) is 15.0. The number of nitrogens with one attached hydrogen (secondary N) is 2. The first kappa shape index (κ1) is 18.4. The number of benzene rings is 1. The highest BCUT2D eigenvalue weighted by Crippen LogP contribution is 2.23. The monoisotopic (exact) mass is 345 g/mol. The Morgan fingerprint density at radius 1 is 1.24 bits per heavy atom. The Morgan fingerprint density at radius 3 is 2.76 bits per heavy atom. The SMILES string of the molecule is O=C1N(CCCc2ccccc2)CCCC1(O)CNC1CCNCC1. The van der Waals surface area contributed by atoms with Crippen LogP contribution in [0.5, 0.6) is 0 Å². The fraction of sp³-hybridized carbons (Fsp3) is 0.650. The molecule has 5 nitrogen and oxygen atoms in total. The van der Waals surface area contributed by atoms with Gasteiger partial charge in [0.15, 0.2) is 5.60 Å². The number of aryl methyl sites for hydroxylation is 1. The molecule has 2 heterocycles. The highest BCUT2D eigenvalue weighted by atomic mass is 16.3. The second-order valence-corrected chi connectivity index (χ2v) is 7.42. The summed E-state index contributed by atoms with van der Waals surface area (Å²) in [6, 6.07) is 10.8. The summed E-state index contributed by atoms with van der Waals surface area (Å²) in [5.74, 6) is -0.0896. The molecule has 0 spiro atoms. The summed E-state index contributed by atoms with van der Waals surface area (Å²) in [5.41, 5.74) is 0.0744. The van der Waals surface area contributed by atoms with Gasteiger partial charge in [-0.3, -0.25) is 4.79 Å². The minimum absolute atomic E-state index is 0.0896. The van der Waals surface area contributed by atoms with Crippen LogP contribution < -0.4 is 10.6 Å². The third kappa shape index (κ3) is 5.03. The van der Waals surface area contributed by atoms with Gasteiger partial charge < -0.3 is 20.6 Å². The van der Waals surface area contributed by atoms with Crippen LogP contribution in [0, 0.1) is 0 Å². The van der Waals surface area contributed by atoms with Crippen molar-refractivity contribution in [2.45, 2.75) is 50.2 Å². The van der Waals surface area contributed by atoms with Gasteiger partial charge in [0.25, 0.3) is 5.91 Å². The molecule has 1 unspecified atom stereocenters. The predicted octanol–water partition coefficient (Wildman–Crippen LogP) is 1.31. The van der Waals surface area contributed by atoms with Gasteiger partial charge in [0.1, 0.15) is 0 Å². The average molecular weight is 345 g/mol. The summed E-state index contributed by atoms with van der Waals surface area (Å²) in [7, 11) is 0. The minimum Gasteiger partial charge on any atom is -0.379 e. The van der Waals surface area contributed by atoms with Crippen LogP contribution in [0.4, 0.5) is 0 Å². The van der Waals surface area contributed by atoms with Gasteiger partial charge in [0.05, 0.1) is 0 Å². The van der Waals surface area contributed by atoms with Crippen molar-refractivity contribution in [3.8, 4) is 0 Å². The summed E-state index contributed by atoms with van der Waals surface area (Å²) in [6.07, 6.45) is 5.47. The number of aliphatic hydroxyl groups is 1. The second kappa shape index (κ2) is 8.79. The first-order chi connectivity index (χ1) is 12.2. The molecule has 0 bridgehead atoms. The van der Waals surface area contributed by atoms with Crippen molar-refractivity contribution in [1.29, 1.82) is 0 Å². The number of carbonyl (C=O) groups is 1. The van der Waals surface area contributed by atoms with E-state index in [1.54, 1.807) is 0 Å². The van der Waals surface area contributed by atoms with Crippen LogP contribution in [-0.4, -0.2) is 60.3 Å². The molecule has 0 radical (unpaired) electrons. The Morgan fingerprint density at radius 2 is 2.00 bits per heavy atom. The number of hydrogen-bond acceptors (Lipinski definition) is 4. The zero-order chi connectivity index (χ0) is 17.5. The predicted molar refractivity (Wildman–Crippen MR) is 99.4 cm³/mol. The van der Waals surface area contributed by atoms with Crippen LogP contribution in [0.25, 0.3) is 0 Å². The van der Waals surface area contributed by atoms with E-state index in [2.05, 4.69) is 22.8 Å². The average Bonchev–Trinajstić information content (AvgIpc) is 2.66. The number of likely N-dealkylation sites (tertiary alicyclic amines) is 1. The molecule has 0 aromatic heterocycles. The summed E-state index contributed by atoms with van der Waals surface area (Å²) in [5, 5.41) is 17.7. The van der Waals surface area contributed by atoms with Crippen molar-refractivity contribution in [2.75, 3.05) is 32.7 Å². The molecule has 3 rings (SSSR count). The molecule has 2 aliphatic heterocycles. The molecule has 0 saturated carbocycles. The molecule has 2 fully saturated rings. The normalized spacial score (nSPS) is 25.3. The number of amides is 1. The maximum absolute atomic E-state index is 12.8. The number of carbonyl (C=O) groups excluding carboxylic acids is 1. The highest BCUT2D eigenvalue weighted by molar-refractivity contribution is 5.86. The van der Waals surface area contributed by atoms with Crippen molar-refractivity contribution < 1.29 is 9.90 Å². The zero-order valence-corrected chi connectivity index (χ0v) is 15.0. The molecule has 2 aliphatic rings. The molecule has 1 aromatic carbocycles. The lowest BCUT2D eigenvalue weighted by Gasteiger charge is -2.39. The lowest BCUT2D eigenvalue weighted by atomic mass is 9.90. The summed E-state index contributed by atoms with van der Waals surface area (Å²) in [4.78, 5) is 14.6. The molecule has 1 amide bonds. The molecule has 1 aromatic rings. The molecular formula is C20H31N3O2. The third-order valence-corrected chi connectivity index (χ3v) is 5.46. The van der Waals surface area contributed by atoms with Crippen LogP contribution >= 0.6 is 0 Å². The Balaban J connectivity index is 1.47. The lowest BCUT2D eigenvalue weighted by molar-refractivity contribution is -0.156. The van der Waals surface area contributed by atoms with Gasteiger partial charge >= 0.3 is 0 Å². The van der Waals surface area contributed by atoms with E-state index in [0.717, 1.165) is 58.3 Å². The second-order valence-electron chi connectivity index (χ2n) is 7.42. The number of nitrogens with zero attached hydrogens (tertiary/aromatic N) is 1. The van der Waals surface area contributed by atoms with Crippen LogP contribution in [0.2, 0.25) is 0 Å². The van der Waals surface area contributed by atoms with Gasteiger partial charge in [-0.1, -0.05) is 30.3 Å². The Hall–Kier alpha value is -1.43. The molecule has 3 N–H and O–H groups in total. The van der Waals surface area contributed by atoms with Gasteiger partial charge in [-0.05, 0) is 57.2 Å². The first-order valence-electron chi connectivity index (χ1n) is 9.67. The van der Waals surface area contributed by atoms with Crippen molar-refractivity contribution in [1.82, 2.24) is 15.5 Å². The summed E-state index contributed by atoms with van der Waals surface area (Å²) in [6.45, 7) is 3.89. The molecule has 138 valence electrons. The smallest absolute Gasteiger partial charge is 0.255 e. The fourth-order valence-corrected chi connectivity index (χ4v) is 3.90. The van der Waals surface area contributed by atoms with Crippen LogP contribution in [-0.2, 0) is 11.2 Å². The van der Waals surface area contributed by atoms with Gasteiger partial charge in [-0.15, -0.1) is 0 Å². The van der Waals surface area contributed by atoms with Crippen molar-refractivity contribution >= 4 is 5.91 Å². The van der Waals surface area contributed by atoms with Crippen LogP contribution in [0.15, 0.2) is 30.3 Å². The molecule has 5 heteroatoms. The standard InChI is InChI=1S/C20H31N3O2/c24-19-20(25,16-22-18-9-12-21-13-10-18)11-5-15-23(19)14-4-8-17-6-2-1-3-7-17/h1-3,6-7,18,21-22,25H,4-5,8-16H2. The van der Waals surface area contributed by atoms with E-state index in [0.29, 0.717) is 19.0 Å². The van der Waals surface area contributed by atoms with Crippen molar-refractivity contribution in [3.05, 3.63) is 35.9 Å². The quantitative estimate of drug-likeness (QED) is 0.697.